The zero-order valence-electron chi connectivity index (χ0n) is 16.2. The van der Waals surface area contributed by atoms with E-state index in [1.165, 1.54) is 44.2 Å². The summed E-state index contributed by atoms with van der Waals surface area (Å²) >= 11 is 0. The van der Waals surface area contributed by atoms with Crippen molar-refractivity contribution in [2.45, 2.75) is 38.5 Å². The molecular weight excluding hydrogens is 346 g/mol. The Hall–Kier alpha value is -2.88. The highest BCUT2D eigenvalue weighted by Gasteiger charge is 2.11. The Kier molecular flexibility index (Phi) is 5.86. The molecule has 3 aromatic rings. The summed E-state index contributed by atoms with van der Waals surface area (Å²) in [7, 11) is 0. The van der Waals surface area contributed by atoms with Crippen molar-refractivity contribution in [1.29, 1.82) is 0 Å². The van der Waals surface area contributed by atoms with Crippen molar-refractivity contribution < 1.29 is 4.79 Å². The van der Waals surface area contributed by atoms with E-state index in [2.05, 4.69) is 27.3 Å². The van der Waals surface area contributed by atoms with Crippen LogP contribution in [0.3, 0.4) is 0 Å². The molecule has 0 unspecified atom stereocenters. The summed E-state index contributed by atoms with van der Waals surface area (Å²) in [6.45, 7) is 2.21. The number of nitrogens with zero attached hydrogens (tertiary/aromatic N) is 2. The van der Waals surface area contributed by atoms with Gasteiger partial charge in [-0.3, -0.25) is 9.78 Å². The van der Waals surface area contributed by atoms with Crippen molar-refractivity contribution in [1.82, 2.24) is 4.98 Å². The first-order valence-corrected chi connectivity index (χ1v) is 10.3. The van der Waals surface area contributed by atoms with E-state index in [1.54, 1.807) is 6.20 Å². The Morgan fingerprint density at radius 3 is 2.29 bits per heavy atom. The highest BCUT2D eigenvalue weighted by molar-refractivity contribution is 6.05. The van der Waals surface area contributed by atoms with Gasteiger partial charge in [-0.2, -0.15) is 0 Å². The molecule has 144 valence electrons. The summed E-state index contributed by atoms with van der Waals surface area (Å²) in [6.07, 6.45) is 9.55. The number of rotatable bonds is 3. The van der Waals surface area contributed by atoms with E-state index in [9.17, 15) is 4.79 Å². The molecule has 0 saturated carbocycles. The average molecular weight is 374 g/mol. The molecule has 4 rings (SSSR count). The zero-order chi connectivity index (χ0) is 19.2. The number of aromatic nitrogens is 1. The number of para-hydroxylation sites is 1. The molecule has 0 bridgehead atoms. The van der Waals surface area contributed by atoms with Crippen LogP contribution in [0, 0.1) is 0 Å². The zero-order valence-corrected chi connectivity index (χ0v) is 16.2. The Bertz CT molecular complexity index is 926. The number of hydrogen-bond donors (Lipinski definition) is 1. The molecule has 2 aromatic carbocycles. The third kappa shape index (κ3) is 4.50. The van der Waals surface area contributed by atoms with Crippen LogP contribution < -0.4 is 10.2 Å². The molecule has 2 heterocycles. The molecule has 28 heavy (non-hydrogen) atoms. The molecule has 1 amide bonds. The van der Waals surface area contributed by atoms with Crippen LogP contribution in [0.1, 0.15) is 48.9 Å². The summed E-state index contributed by atoms with van der Waals surface area (Å²) in [4.78, 5) is 19.5. The second kappa shape index (κ2) is 8.87. The fourth-order valence-corrected chi connectivity index (χ4v) is 3.85. The summed E-state index contributed by atoms with van der Waals surface area (Å²) in [5.41, 5.74) is 3.52. The van der Waals surface area contributed by atoms with E-state index in [1.807, 2.05) is 42.5 Å². The molecule has 0 aliphatic carbocycles. The number of benzene rings is 2. The standard InChI is InChI=1S/C24H27N3O/c28-24(26-21-17-20-9-5-6-10-23(20)25-18-21)19-11-13-22(14-12-19)27-15-7-3-1-2-4-8-16-27/h5-6,9-14,17-18H,1-4,7-8,15-16H2,(H,26,28). The van der Waals surface area contributed by atoms with Gasteiger partial charge < -0.3 is 10.2 Å². The van der Waals surface area contributed by atoms with Crippen molar-refractivity contribution in [3.05, 3.63) is 66.4 Å². The van der Waals surface area contributed by atoms with Crippen LogP contribution >= 0.6 is 0 Å². The second-order valence-corrected chi connectivity index (χ2v) is 7.53. The SMILES string of the molecule is O=C(Nc1cnc2ccccc2c1)c1ccc(N2CCCCCCCC2)cc1. The first-order valence-electron chi connectivity index (χ1n) is 10.3. The van der Waals surface area contributed by atoms with Gasteiger partial charge in [0.25, 0.3) is 5.91 Å². The predicted molar refractivity (Wildman–Crippen MR) is 116 cm³/mol. The second-order valence-electron chi connectivity index (χ2n) is 7.53. The third-order valence-corrected chi connectivity index (χ3v) is 5.45. The Labute approximate surface area is 166 Å². The van der Waals surface area contributed by atoms with Gasteiger partial charge in [-0.05, 0) is 49.2 Å². The van der Waals surface area contributed by atoms with Gasteiger partial charge in [0.1, 0.15) is 0 Å². The van der Waals surface area contributed by atoms with Crippen LogP contribution in [-0.4, -0.2) is 24.0 Å². The topological polar surface area (TPSA) is 45.2 Å². The van der Waals surface area contributed by atoms with E-state index >= 15 is 0 Å². The van der Waals surface area contributed by atoms with Gasteiger partial charge in [0.05, 0.1) is 17.4 Å². The maximum absolute atomic E-state index is 12.6. The molecule has 1 fully saturated rings. The first-order chi connectivity index (χ1) is 13.8. The van der Waals surface area contributed by atoms with E-state index in [0.717, 1.165) is 24.0 Å². The Morgan fingerprint density at radius 1 is 0.857 bits per heavy atom. The van der Waals surface area contributed by atoms with Crippen LogP contribution in [0.4, 0.5) is 11.4 Å². The molecule has 4 nitrogen and oxygen atoms in total. The van der Waals surface area contributed by atoms with Gasteiger partial charge in [0.15, 0.2) is 0 Å². The number of fused-ring (bicyclic) bond motifs is 1. The largest absolute Gasteiger partial charge is 0.372 e. The van der Waals surface area contributed by atoms with Gasteiger partial charge in [0, 0.05) is 29.7 Å². The maximum Gasteiger partial charge on any atom is 0.255 e. The van der Waals surface area contributed by atoms with E-state index in [4.69, 9.17) is 0 Å². The normalized spacial score (nSPS) is 15.5. The number of nitrogens with one attached hydrogen (secondary N) is 1. The van der Waals surface area contributed by atoms with Gasteiger partial charge in [-0.1, -0.05) is 43.9 Å². The summed E-state index contributed by atoms with van der Waals surface area (Å²) in [6, 6.07) is 17.8. The molecule has 1 aliphatic rings. The van der Waals surface area contributed by atoms with Crippen LogP contribution in [0.25, 0.3) is 10.9 Å². The van der Waals surface area contributed by atoms with Crippen molar-refractivity contribution >= 4 is 28.2 Å². The third-order valence-electron chi connectivity index (χ3n) is 5.45. The van der Waals surface area contributed by atoms with Crippen LogP contribution in [0.2, 0.25) is 0 Å². The average Bonchev–Trinajstić information content (AvgIpc) is 2.88. The summed E-state index contributed by atoms with van der Waals surface area (Å²) in [5, 5.41) is 3.98. The van der Waals surface area contributed by atoms with Crippen LogP contribution in [0.5, 0.6) is 0 Å². The smallest absolute Gasteiger partial charge is 0.255 e. The highest BCUT2D eigenvalue weighted by atomic mass is 16.1. The number of carbonyl (C=O) groups is 1. The van der Waals surface area contributed by atoms with Crippen molar-refractivity contribution in [3.63, 3.8) is 0 Å². The predicted octanol–water partition coefficient (Wildman–Crippen LogP) is 5.65. The minimum atomic E-state index is -0.104. The summed E-state index contributed by atoms with van der Waals surface area (Å²) in [5.74, 6) is -0.104. The first kappa shape index (κ1) is 18.5. The minimum absolute atomic E-state index is 0.104. The number of anilines is 2. The Morgan fingerprint density at radius 2 is 1.54 bits per heavy atom. The summed E-state index contributed by atoms with van der Waals surface area (Å²) < 4.78 is 0. The molecule has 4 heteroatoms. The van der Waals surface area contributed by atoms with Crippen LogP contribution in [0.15, 0.2) is 60.8 Å². The van der Waals surface area contributed by atoms with Gasteiger partial charge in [-0.25, -0.2) is 0 Å². The quantitative estimate of drug-likeness (QED) is 0.645. The minimum Gasteiger partial charge on any atom is -0.372 e. The van der Waals surface area contributed by atoms with E-state index < -0.39 is 0 Å². The number of amides is 1. The lowest BCUT2D eigenvalue weighted by molar-refractivity contribution is 0.102. The monoisotopic (exact) mass is 373 g/mol. The Balaban J connectivity index is 1.44. The number of pyridine rings is 1. The molecule has 1 aliphatic heterocycles. The lowest BCUT2D eigenvalue weighted by Gasteiger charge is -2.24. The fraction of sp³-hybridized carbons (Fsp3) is 0.333. The number of carbonyl (C=O) groups excluding carboxylic acids is 1. The lowest BCUT2D eigenvalue weighted by Crippen LogP contribution is -2.25. The molecule has 0 atom stereocenters. The molecule has 0 radical (unpaired) electrons. The molecule has 1 N–H and O–H groups in total. The highest BCUT2D eigenvalue weighted by Crippen LogP contribution is 2.21. The molecule has 1 aromatic heterocycles. The van der Waals surface area contributed by atoms with Crippen molar-refractivity contribution in [2.24, 2.45) is 0 Å². The number of hydrogen-bond acceptors (Lipinski definition) is 3. The van der Waals surface area contributed by atoms with Gasteiger partial charge >= 0.3 is 0 Å². The fourth-order valence-electron chi connectivity index (χ4n) is 3.85. The van der Waals surface area contributed by atoms with Crippen molar-refractivity contribution in [2.75, 3.05) is 23.3 Å². The molecular formula is C24H27N3O. The van der Waals surface area contributed by atoms with E-state index in [-0.39, 0.29) is 5.91 Å². The van der Waals surface area contributed by atoms with E-state index in [0.29, 0.717) is 11.3 Å². The molecule has 0 spiro atoms. The van der Waals surface area contributed by atoms with Crippen LogP contribution in [-0.2, 0) is 0 Å². The van der Waals surface area contributed by atoms with Gasteiger partial charge in [0.2, 0.25) is 0 Å². The van der Waals surface area contributed by atoms with Crippen molar-refractivity contribution in [3.8, 4) is 0 Å². The van der Waals surface area contributed by atoms with Gasteiger partial charge in [-0.15, -0.1) is 0 Å². The lowest BCUT2D eigenvalue weighted by atomic mass is 10.1. The maximum atomic E-state index is 12.6. The molecule has 1 saturated heterocycles.